The number of carbonyl (C=O) groups is 1. The second-order valence-electron chi connectivity index (χ2n) is 6.11. The summed E-state index contributed by atoms with van der Waals surface area (Å²) in [5.41, 5.74) is -0.352. The van der Waals surface area contributed by atoms with Gasteiger partial charge >= 0.3 is 0 Å². The molecule has 0 fully saturated rings. The number of thioether (sulfide) groups is 1. The SMILES string of the molecule is CC(C)C(C)(C#N)NC(=O)CSc1nnc(-c2ccc(Cl)cc2Cl)n1N. The van der Waals surface area contributed by atoms with Crippen molar-refractivity contribution in [3.63, 3.8) is 0 Å². The molecule has 1 aromatic carbocycles. The second kappa shape index (κ2) is 8.16. The quantitative estimate of drug-likeness (QED) is 0.556. The molecule has 0 bridgehead atoms. The maximum Gasteiger partial charge on any atom is 0.231 e. The van der Waals surface area contributed by atoms with Gasteiger partial charge in [0.1, 0.15) is 5.54 Å². The molecule has 10 heteroatoms. The molecule has 0 saturated carbocycles. The van der Waals surface area contributed by atoms with Crippen LogP contribution in [-0.4, -0.2) is 32.1 Å². The molecule has 0 aliphatic carbocycles. The monoisotopic (exact) mass is 412 g/mol. The Morgan fingerprint density at radius 3 is 2.73 bits per heavy atom. The van der Waals surface area contributed by atoms with Crippen molar-refractivity contribution in [3.05, 3.63) is 28.2 Å². The maximum atomic E-state index is 12.2. The van der Waals surface area contributed by atoms with Crippen molar-refractivity contribution in [1.82, 2.24) is 20.2 Å². The van der Waals surface area contributed by atoms with Crippen molar-refractivity contribution in [3.8, 4) is 17.5 Å². The van der Waals surface area contributed by atoms with Crippen LogP contribution in [0.25, 0.3) is 11.4 Å². The summed E-state index contributed by atoms with van der Waals surface area (Å²) >= 11 is 13.2. The van der Waals surface area contributed by atoms with Crippen LogP contribution in [0.4, 0.5) is 0 Å². The van der Waals surface area contributed by atoms with Gasteiger partial charge in [0, 0.05) is 10.6 Å². The van der Waals surface area contributed by atoms with Gasteiger partial charge < -0.3 is 11.2 Å². The van der Waals surface area contributed by atoms with Crippen LogP contribution >= 0.6 is 35.0 Å². The molecule has 0 aliphatic rings. The molecule has 1 amide bonds. The zero-order valence-corrected chi connectivity index (χ0v) is 16.8. The lowest BCUT2D eigenvalue weighted by atomic mass is 9.90. The van der Waals surface area contributed by atoms with Crippen LogP contribution in [-0.2, 0) is 4.79 Å². The van der Waals surface area contributed by atoms with E-state index in [-0.39, 0.29) is 17.6 Å². The Kier molecular flexibility index (Phi) is 6.39. The molecule has 2 aromatic rings. The maximum absolute atomic E-state index is 12.2. The Bertz CT molecular complexity index is 863. The van der Waals surface area contributed by atoms with E-state index in [2.05, 4.69) is 21.6 Å². The van der Waals surface area contributed by atoms with Crippen LogP contribution in [0.3, 0.4) is 0 Å². The van der Waals surface area contributed by atoms with Crippen LogP contribution in [0.1, 0.15) is 20.8 Å². The summed E-state index contributed by atoms with van der Waals surface area (Å²) in [4.78, 5) is 12.2. The normalized spacial score (nSPS) is 13.3. The Hall–Kier alpha value is -1.95. The number of carbonyl (C=O) groups excluding carboxylic acids is 1. The third-order valence-electron chi connectivity index (χ3n) is 3.95. The van der Waals surface area contributed by atoms with Gasteiger partial charge in [-0.1, -0.05) is 48.8 Å². The summed E-state index contributed by atoms with van der Waals surface area (Å²) in [6.45, 7) is 5.43. The average Bonchev–Trinajstić information content (AvgIpc) is 2.93. The summed E-state index contributed by atoms with van der Waals surface area (Å²) in [5.74, 6) is 6.12. The highest BCUT2D eigenvalue weighted by molar-refractivity contribution is 7.99. The fourth-order valence-corrected chi connectivity index (χ4v) is 3.14. The zero-order valence-electron chi connectivity index (χ0n) is 14.5. The molecule has 1 atom stereocenters. The van der Waals surface area contributed by atoms with Gasteiger partial charge in [-0.3, -0.25) is 4.79 Å². The van der Waals surface area contributed by atoms with Gasteiger partial charge in [0.15, 0.2) is 5.82 Å². The van der Waals surface area contributed by atoms with Crippen LogP contribution in [0.15, 0.2) is 23.4 Å². The molecule has 138 valence electrons. The van der Waals surface area contributed by atoms with Crippen LogP contribution in [0.2, 0.25) is 10.0 Å². The van der Waals surface area contributed by atoms with Gasteiger partial charge in [0.05, 0.1) is 16.8 Å². The van der Waals surface area contributed by atoms with E-state index in [1.165, 1.54) is 4.68 Å². The number of hydrogen-bond donors (Lipinski definition) is 2. The van der Waals surface area contributed by atoms with E-state index >= 15 is 0 Å². The largest absolute Gasteiger partial charge is 0.337 e. The highest BCUT2D eigenvalue weighted by Gasteiger charge is 2.30. The van der Waals surface area contributed by atoms with Gasteiger partial charge in [0.2, 0.25) is 11.1 Å². The highest BCUT2D eigenvalue weighted by Crippen LogP contribution is 2.30. The predicted molar refractivity (Wildman–Crippen MR) is 103 cm³/mol. The lowest BCUT2D eigenvalue weighted by Crippen LogP contribution is -2.49. The first-order valence-corrected chi connectivity index (χ1v) is 9.43. The van der Waals surface area contributed by atoms with Crippen LogP contribution in [0.5, 0.6) is 0 Å². The summed E-state index contributed by atoms with van der Waals surface area (Å²) in [7, 11) is 0. The molecule has 0 radical (unpaired) electrons. The first-order chi connectivity index (χ1) is 12.2. The van der Waals surface area contributed by atoms with Crippen molar-refractivity contribution in [2.75, 3.05) is 11.6 Å². The molecule has 0 saturated heterocycles. The molecule has 7 nitrogen and oxygen atoms in total. The summed E-state index contributed by atoms with van der Waals surface area (Å²) in [5, 5.41) is 21.3. The molecular weight excluding hydrogens is 395 g/mol. The van der Waals surface area contributed by atoms with Gasteiger partial charge in [-0.25, -0.2) is 4.68 Å². The number of benzene rings is 1. The molecule has 3 N–H and O–H groups in total. The lowest BCUT2D eigenvalue weighted by Gasteiger charge is -2.27. The minimum absolute atomic E-state index is 0.0294. The van der Waals surface area contributed by atoms with Crippen molar-refractivity contribution < 1.29 is 4.79 Å². The highest BCUT2D eigenvalue weighted by atomic mass is 35.5. The first kappa shape index (κ1) is 20.4. The van der Waals surface area contributed by atoms with E-state index in [4.69, 9.17) is 29.0 Å². The molecule has 26 heavy (non-hydrogen) atoms. The summed E-state index contributed by atoms with van der Waals surface area (Å²) in [6.07, 6.45) is 0. The van der Waals surface area contributed by atoms with E-state index in [0.717, 1.165) is 11.8 Å². The Labute approximate surface area is 165 Å². The molecule has 1 unspecified atom stereocenters. The van der Waals surface area contributed by atoms with E-state index in [1.807, 2.05) is 13.8 Å². The van der Waals surface area contributed by atoms with Gasteiger partial charge in [-0.2, -0.15) is 5.26 Å². The number of nitrogens with one attached hydrogen (secondary N) is 1. The fraction of sp³-hybridized carbons (Fsp3) is 0.375. The molecule has 0 aliphatic heterocycles. The molecule has 2 rings (SSSR count). The number of hydrogen-bond acceptors (Lipinski definition) is 6. The van der Waals surface area contributed by atoms with Crippen molar-refractivity contribution in [2.45, 2.75) is 31.5 Å². The number of rotatable bonds is 6. The predicted octanol–water partition coefficient (Wildman–Crippen LogP) is 3.11. The molecule has 1 heterocycles. The van der Waals surface area contributed by atoms with E-state index in [9.17, 15) is 10.1 Å². The number of nitrogen functional groups attached to an aromatic ring is 1. The Morgan fingerprint density at radius 1 is 1.46 bits per heavy atom. The topological polar surface area (TPSA) is 110 Å². The van der Waals surface area contributed by atoms with Crippen LogP contribution < -0.4 is 11.2 Å². The molecular formula is C16H18Cl2N6OS. The van der Waals surface area contributed by atoms with Crippen molar-refractivity contribution >= 4 is 40.9 Å². The Balaban J connectivity index is 2.09. The van der Waals surface area contributed by atoms with E-state index in [0.29, 0.717) is 26.6 Å². The third kappa shape index (κ3) is 4.41. The van der Waals surface area contributed by atoms with Crippen molar-refractivity contribution in [2.24, 2.45) is 5.92 Å². The first-order valence-electron chi connectivity index (χ1n) is 7.69. The van der Waals surface area contributed by atoms with Crippen molar-refractivity contribution in [1.29, 1.82) is 5.26 Å². The smallest absolute Gasteiger partial charge is 0.231 e. The summed E-state index contributed by atoms with van der Waals surface area (Å²) in [6, 6.07) is 7.08. The van der Waals surface area contributed by atoms with Gasteiger partial charge in [-0.15, -0.1) is 10.2 Å². The number of halogens is 2. The zero-order chi connectivity index (χ0) is 19.5. The van der Waals surface area contributed by atoms with E-state index in [1.54, 1.807) is 25.1 Å². The summed E-state index contributed by atoms with van der Waals surface area (Å²) < 4.78 is 1.26. The third-order valence-corrected chi connectivity index (χ3v) is 5.45. The minimum atomic E-state index is -0.935. The Morgan fingerprint density at radius 2 is 2.15 bits per heavy atom. The number of amides is 1. The molecule has 0 spiro atoms. The second-order valence-corrected chi connectivity index (χ2v) is 7.89. The number of nitrogens with zero attached hydrogens (tertiary/aromatic N) is 4. The standard InChI is InChI=1S/C16H18Cl2N6OS/c1-9(2)16(3,8-19)21-13(25)7-26-15-23-22-14(24(15)20)11-5-4-10(17)6-12(11)18/h4-6,9H,7,20H2,1-3H3,(H,21,25). The lowest BCUT2D eigenvalue weighted by molar-refractivity contribution is -0.120. The van der Waals surface area contributed by atoms with E-state index < -0.39 is 5.54 Å². The molecule has 1 aromatic heterocycles. The van der Waals surface area contributed by atoms with Crippen LogP contribution in [0, 0.1) is 17.2 Å². The number of nitrogens with two attached hydrogens (primary N) is 1. The number of nitriles is 1. The average molecular weight is 413 g/mol. The fourth-order valence-electron chi connectivity index (χ4n) is 1.99. The number of aromatic nitrogens is 3. The van der Waals surface area contributed by atoms with Gasteiger partial charge in [0.25, 0.3) is 0 Å². The van der Waals surface area contributed by atoms with Gasteiger partial charge in [-0.05, 0) is 31.0 Å². The minimum Gasteiger partial charge on any atom is -0.337 e.